The van der Waals surface area contributed by atoms with E-state index < -0.39 is 0 Å². The van der Waals surface area contributed by atoms with Crippen LogP contribution >= 0.6 is 11.9 Å². The van der Waals surface area contributed by atoms with Crippen LogP contribution in [0.5, 0.6) is 0 Å². The molecule has 22 heavy (non-hydrogen) atoms. The van der Waals surface area contributed by atoms with E-state index in [9.17, 15) is 4.79 Å². The van der Waals surface area contributed by atoms with Gasteiger partial charge in [0.25, 0.3) is 5.56 Å². The molecule has 2 heterocycles. The summed E-state index contributed by atoms with van der Waals surface area (Å²) in [6, 6.07) is 1.91. The Bertz CT molecular complexity index is 686. The predicted octanol–water partition coefficient (Wildman–Crippen LogP) is 3.18. The summed E-state index contributed by atoms with van der Waals surface area (Å²) < 4.78 is 4.68. The van der Waals surface area contributed by atoms with Gasteiger partial charge in [0.2, 0.25) is 5.95 Å². The zero-order valence-electron chi connectivity index (χ0n) is 13.5. The molecule has 0 spiro atoms. The standard InChI is InChI=1S/C16H22N4OS/c1-5-6-7-12-9-17-16(19-22-4)18-14(12)13-8-11(2)15(21)20(3)10-13/h8-10H,5-7H2,1-4H3,(H,17,18,19). The summed E-state index contributed by atoms with van der Waals surface area (Å²) in [4.78, 5) is 20.9. The average Bonchev–Trinajstić information content (AvgIpc) is 2.51. The highest BCUT2D eigenvalue weighted by molar-refractivity contribution is 7.99. The van der Waals surface area contributed by atoms with Gasteiger partial charge in [-0.3, -0.25) is 9.52 Å². The van der Waals surface area contributed by atoms with E-state index in [0.29, 0.717) is 5.95 Å². The highest BCUT2D eigenvalue weighted by Gasteiger charge is 2.11. The molecular weight excluding hydrogens is 296 g/mol. The number of unbranched alkanes of at least 4 members (excludes halogenated alkanes) is 1. The Balaban J connectivity index is 2.54. The molecule has 0 fully saturated rings. The summed E-state index contributed by atoms with van der Waals surface area (Å²) in [7, 11) is 1.77. The summed E-state index contributed by atoms with van der Waals surface area (Å²) in [5.74, 6) is 0.592. The molecule has 0 atom stereocenters. The Morgan fingerprint density at radius 3 is 2.82 bits per heavy atom. The number of rotatable bonds is 6. The average molecular weight is 318 g/mol. The number of nitrogens with zero attached hydrogens (tertiary/aromatic N) is 3. The lowest BCUT2D eigenvalue weighted by atomic mass is 10.0. The molecule has 0 unspecified atom stereocenters. The van der Waals surface area contributed by atoms with Gasteiger partial charge in [0.1, 0.15) is 0 Å². The summed E-state index contributed by atoms with van der Waals surface area (Å²) in [5.41, 5.74) is 3.72. The van der Waals surface area contributed by atoms with Crippen molar-refractivity contribution in [3.63, 3.8) is 0 Å². The van der Waals surface area contributed by atoms with Crippen LogP contribution in [0.15, 0.2) is 23.3 Å². The normalized spacial score (nSPS) is 10.7. The number of nitrogens with one attached hydrogen (secondary N) is 1. The second kappa shape index (κ2) is 7.45. The zero-order chi connectivity index (χ0) is 16.1. The van der Waals surface area contributed by atoms with Crippen molar-refractivity contribution in [3.05, 3.63) is 39.9 Å². The largest absolute Gasteiger partial charge is 0.318 e. The van der Waals surface area contributed by atoms with Crippen molar-refractivity contribution in [3.8, 4) is 11.3 Å². The first-order valence-corrected chi connectivity index (χ1v) is 8.61. The molecule has 0 bridgehead atoms. The molecule has 2 aromatic heterocycles. The first kappa shape index (κ1) is 16.5. The summed E-state index contributed by atoms with van der Waals surface area (Å²) >= 11 is 1.46. The van der Waals surface area contributed by atoms with Crippen LogP contribution in [0.3, 0.4) is 0 Å². The van der Waals surface area contributed by atoms with Crippen molar-refractivity contribution >= 4 is 17.9 Å². The zero-order valence-corrected chi connectivity index (χ0v) is 14.3. The highest BCUT2D eigenvalue weighted by atomic mass is 32.2. The number of aromatic nitrogens is 3. The fourth-order valence-electron chi connectivity index (χ4n) is 2.35. The van der Waals surface area contributed by atoms with Crippen molar-refractivity contribution in [2.24, 2.45) is 7.05 Å². The molecule has 0 aromatic carbocycles. The number of aryl methyl sites for hydroxylation is 3. The predicted molar refractivity (Wildman–Crippen MR) is 93.2 cm³/mol. The van der Waals surface area contributed by atoms with Crippen molar-refractivity contribution in [2.45, 2.75) is 33.1 Å². The Morgan fingerprint density at radius 2 is 2.18 bits per heavy atom. The van der Waals surface area contributed by atoms with Crippen LogP contribution in [-0.4, -0.2) is 20.8 Å². The van der Waals surface area contributed by atoms with E-state index in [-0.39, 0.29) is 5.56 Å². The number of hydrogen-bond acceptors (Lipinski definition) is 5. The fraction of sp³-hybridized carbons (Fsp3) is 0.438. The molecule has 5 nitrogen and oxygen atoms in total. The maximum atomic E-state index is 11.9. The fourth-order valence-corrected chi connectivity index (χ4v) is 2.64. The topological polar surface area (TPSA) is 59.8 Å². The molecule has 0 saturated carbocycles. The molecule has 0 radical (unpaired) electrons. The molecule has 0 amide bonds. The van der Waals surface area contributed by atoms with Crippen molar-refractivity contribution in [1.29, 1.82) is 0 Å². The summed E-state index contributed by atoms with van der Waals surface area (Å²) in [6.07, 6.45) is 8.82. The van der Waals surface area contributed by atoms with Crippen molar-refractivity contribution < 1.29 is 0 Å². The van der Waals surface area contributed by atoms with Gasteiger partial charge in [-0.1, -0.05) is 25.3 Å². The highest BCUT2D eigenvalue weighted by Crippen LogP contribution is 2.24. The summed E-state index contributed by atoms with van der Waals surface area (Å²) in [6.45, 7) is 4.00. The first-order valence-electron chi connectivity index (χ1n) is 7.39. The second-order valence-corrected chi connectivity index (χ2v) is 5.92. The third-order valence-corrected chi connectivity index (χ3v) is 3.88. The molecule has 0 saturated heterocycles. The molecule has 0 aliphatic rings. The molecule has 1 N–H and O–H groups in total. The quantitative estimate of drug-likeness (QED) is 0.829. The van der Waals surface area contributed by atoms with Crippen LogP contribution in [0, 0.1) is 6.92 Å². The molecule has 118 valence electrons. The van der Waals surface area contributed by atoms with Gasteiger partial charge in [0, 0.05) is 36.8 Å². The molecule has 0 aliphatic carbocycles. The number of pyridine rings is 1. The lowest BCUT2D eigenvalue weighted by Crippen LogP contribution is -2.18. The minimum Gasteiger partial charge on any atom is -0.318 e. The maximum Gasteiger partial charge on any atom is 0.253 e. The van der Waals surface area contributed by atoms with Crippen LogP contribution in [-0.2, 0) is 13.5 Å². The van der Waals surface area contributed by atoms with E-state index in [1.807, 2.05) is 31.6 Å². The van der Waals surface area contributed by atoms with Gasteiger partial charge in [-0.2, -0.15) is 0 Å². The lowest BCUT2D eigenvalue weighted by Gasteiger charge is -2.12. The SMILES string of the molecule is CCCCc1cnc(NSC)nc1-c1cc(C)c(=O)n(C)c1. The van der Waals surface area contributed by atoms with Crippen LogP contribution in [0.2, 0.25) is 0 Å². The Hall–Kier alpha value is -1.82. The van der Waals surface area contributed by atoms with Crippen molar-refractivity contribution in [1.82, 2.24) is 14.5 Å². The van der Waals surface area contributed by atoms with E-state index in [0.717, 1.165) is 41.6 Å². The Morgan fingerprint density at radius 1 is 1.41 bits per heavy atom. The molecular formula is C16H22N4OS. The van der Waals surface area contributed by atoms with Crippen LogP contribution in [0.25, 0.3) is 11.3 Å². The van der Waals surface area contributed by atoms with E-state index in [4.69, 9.17) is 0 Å². The van der Waals surface area contributed by atoms with Crippen LogP contribution < -0.4 is 10.3 Å². The van der Waals surface area contributed by atoms with E-state index in [2.05, 4.69) is 21.6 Å². The third kappa shape index (κ3) is 3.68. The van der Waals surface area contributed by atoms with Crippen LogP contribution in [0.1, 0.15) is 30.9 Å². The van der Waals surface area contributed by atoms with E-state index in [1.54, 1.807) is 11.6 Å². The van der Waals surface area contributed by atoms with E-state index >= 15 is 0 Å². The second-order valence-electron chi connectivity index (χ2n) is 5.31. The smallest absolute Gasteiger partial charge is 0.253 e. The molecule has 2 rings (SSSR count). The molecule has 6 heteroatoms. The van der Waals surface area contributed by atoms with Gasteiger partial charge in [-0.15, -0.1) is 0 Å². The van der Waals surface area contributed by atoms with Gasteiger partial charge in [-0.05, 0) is 31.4 Å². The summed E-state index contributed by atoms with van der Waals surface area (Å²) in [5, 5.41) is 0. The number of anilines is 1. The minimum absolute atomic E-state index is 0.0235. The maximum absolute atomic E-state index is 11.9. The van der Waals surface area contributed by atoms with Gasteiger partial charge < -0.3 is 4.57 Å². The lowest BCUT2D eigenvalue weighted by molar-refractivity contribution is 0.789. The van der Waals surface area contributed by atoms with Gasteiger partial charge >= 0.3 is 0 Å². The van der Waals surface area contributed by atoms with Gasteiger partial charge in [0.05, 0.1) is 5.69 Å². The van der Waals surface area contributed by atoms with Crippen LogP contribution in [0.4, 0.5) is 5.95 Å². The van der Waals surface area contributed by atoms with E-state index in [1.165, 1.54) is 11.9 Å². The Kier molecular flexibility index (Phi) is 5.60. The monoisotopic (exact) mass is 318 g/mol. The number of hydrogen-bond donors (Lipinski definition) is 1. The molecule has 2 aromatic rings. The minimum atomic E-state index is 0.0235. The third-order valence-electron chi connectivity index (χ3n) is 3.49. The molecule has 0 aliphatic heterocycles. The van der Waals surface area contributed by atoms with Crippen molar-refractivity contribution in [2.75, 3.05) is 11.0 Å². The Labute approximate surface area is 135 Å². The van der Waals surface area contributed by atoms with Gasteiger partial charge in [-0.25, -0.2) is 9.97 Å². The van der Waals surface area contributed by atoms with Gasteiger partial charge in [0.15, 0.2) is 0 Å². The first-order chi connectivity index (χ1) is 10.6.